The molecule has 0 aliphatic heterocycles. The number of aromatic hydroxyl groups is 2. The number of nitrogens with zero attached hydrogens (tertiary/aromatic N) is 5. The number of nitrogens with one attached hydrogen (secondary N) is 2. The average molecular weight is 879 g/mol. The van der Waals surface area contributed by atoms with E-state index in [4.69, 9.17) is 30.5 Å². The lowest BCUT2D eigenvalue weighted by atomic mass is 10.1. The van der Waals surface area contributed by atoms with Crippen LogP contribution >= 0.6 is 11.6 Å². The molecule has 0 radical (unpaired) electrons. The number of aryl methyl sites for hydroxylation is 1. The zero-order valence-corrected chi connectivity index (χ0v) is 37.2. The molecule has 0 aliphatic rings. The number of rotatable bonds is 8. The van der Waals surface area contributed by atoms with Crippen LogP contribution < -0.4 is 15.2 Å². The summed E-state index contributed by atoms with van der Waals surface area (Å²) in [5, 5.41) is 55.6. The van der Waals surface area contributed by atoms with Crippen LogP contribution in [0, 0.1) is 23.0 Å². The number of fused-ring (bicyclic) bond motifs is 3. The van der Waals surface area contributed by atoms with Crippen molar-refractivity contribution in [3.8, 4) is 23.0 Å². The number of nitrogens with two attached hydrogens (primary N) is 1. The van der Waals surface area contributed by atoms with Gasteiger partial charge >= 0.3 is 5.97 Å². The highest BCUT2D eigenvalue weighted by atomic mass is 35.5. The van der Waals surface area contributed by atoms with Crippen LogP contribution in [0.25, 0.3) is 32.7 Å². The lowest BCUT2D eigenvalue weighted by molar-refractivity contribution is -0.481. The number of anilines is 1. The zero-order valence-electron chi connectivity index (χ0n) is 36.5. The summed E-state index contributed by atoms with van der Waals surface area (Å²) < 4.78 is 11.7. The van der Waals surface area contributed by atoms with Gasteiger partial charge in [-0.1, -0.05) is 27.7 Å². The van der Waals surface area contributed by atoms with Gasteiger partial charge in [-0.15, -0.1) is 11.6 Å². The number of hydrogen-bond donors (Lipinski definition) is 6. The molecule has 0 spiro atoms. The smallest absolute Gasteiger partial charge is 0.308 e. The molecule has 0 amide bonds. The third kappa shape index (κ3) is 20.5. The van der Waals surface area contributed by atoms with Gasteiger partial charge in [0.15, 0.2) is 0 Å². The standard InChI is InChI=1S/C11H10N2O3.C10H12N2O.C7H6N2O.C7H9NO.C5H11NO2.C3H8O.CH3Cl/c1-7(14)13-11-4-3-10(16-8(2)15)5-9(11)6-12-13;1-2-5-13-9-3-4-10-8(6-9)7-11-12-10;10-6-1-2-7-5(3-6)4-8-9-7;1-5-4-6(9)2-3-7(5)8;1-5(2)3-4-6(7)8;1-2-3-4;1-2/h3-6H,1-2H3;3-4,6-7H,2,5H2,1H3,(H,11,12);1-4,10H,(H,8,9);2-4,9H,8H2,1H3;5H,3-4H2,1-2H3;4H,2-3H2,1H3;1H3. The van der Waals surface area contributed by atoms with Crippen LogP contribution in [0.3, 0.4) is 0 Å². The maximum Gasteiger partial charge on any atom is 0.308 e. The quantitative estimate of drug-likeness (QED) is 0.0159. The monoisotopic (exact) mass is 878 g/mol. The number of H-pyrrole nitrogens is 2. The maximum absolute atomic E-state index is 11.2. The summed E-state index contributed by atoms with van der Waals surface area (Å²) in [6.07, 6.45) is 9.10. The van der Waals surface area contributed by atoms with Crippen molar-refractivity contribution in [2.75, 3.05) is 31.9 Å². The number of aromatic amines is 2. The number of esters is 1. The summed E-state index contributed by atoms with van der Waals surface area (Å²) in [5.74, 6) is 1.81. The van der Waals surface area contributed by atoms with E-state index in [1.165, 1.54) is 24.9 Å². The number of benzene rings is 4. The van der Waals surface area contributed by atoms with E-state index in [2.05, 4.69) is 44.0 Å². The van der Waals surface area contributed by atoms with Crippen LogP contribution in [-0.2, 0) is 4.79 Å². The first-order chi connectivity index (χ1) is 29.6. The van der Waals surface area contributed by atoms with E-state index in [-0.39, 0.29) is 34.8 Å². The number of nitro groups is 1. The molecule has 0 fully saturated rings. The second kappa shape index (κ2) is 29.5. The Morgan fingerprint density at radius 1 is 0.839 bits per heavy atom. The number of carbonyl (C=O) groups is 2. The number of alkyl halides is 1. The number of ether oxygens (including phenoxy) is 2. The van der Waals surface area contributed by atoms with Crippen molar-refractivity contribution < 1.29 is 39.3 Å². The highest BCUT2D eigenvalue weighted by molar-refractivity contribution is 6.15. The molecular formula is C44H59ClN8O9. The molecule has 17 nitrogen and oxygen atoms in total. The van der Waals surface area contributed by atoms with E-state index in [0.717, 1.165) is 58.0 Å². The van der Waals surface area contributed by atoms with Gasteiger partial charge in [0.1, 0.15) is 23.0 Å². The predicted molar refractivity (Wildman–Crippen MR) is 245 cm³/mol. The molecule has 4 aromatic carbocycles. The van der Waals surface area contributed by atoms with E-state index in [1.54, 1.807) is 73.2 Å². The Morgan fingerprint density at radius 3 is 1.89 bits per heavy atom. The number of hydrogen-bond acceptors (Lipinski definition) is 13. The van der Waals surface area contributed by atoms with Gasteiger partial charge in [-0.25, -0.2) is 4.68 Å². The van der Waals surface area contributed by atoms with Crippen molar-refractivity contribution in [3.63, 3.8) is 0 Å². The van der Waals surface area contributed by atoms with Crippen LogP contribution in [0.4, 0.5) is 5.69 Å². The molecule has 0 aliphatic carbocycles. The molecule has 0 atom stereocenters. The first-order valence-electron chi connectivity index (χ1n) is 19.6. The highest BCUT2D eigenvalue weighted by Gasteiger charge is 2.08. The van der Waals surface area contributed by atoms with Gasteiger partial charge in [-0.3, -0.25) is 29.9 Å². The van der Waals surface area contributed by atoms with Crippen LogP contribution in [-0.4, -0.2) is 88.4 Å². The molecule has 18 heteroatoms. The Morgan fingerprint density at radius 2 is 1.39 bits per heavy atom. The van der Waals surface area contributed by atoms with Gasteiger partial charge in [0.2, 0.25) is 12.5 Å². The van der Waals surface area contributed by atoms with Gasteiger partial charge < -0.3 is 30.5 Å². The minimum atomic E-state index is -0.377. The van der Waals surface area contributed by atoms with Crippen molar-refractivity contribution in [2.24, 2.45) is 5.92 Å². The number of aliphatic hydroxyl groups excluding tert-OH is 1. The molecule has 3 aromatic heterocycles. The van der Waals surface area contributed by atoms with Crippen molar-refractivity contribution in [2.45, 2.75) is 67.7 Å². The Balaban J connectivity index is 0.000000383. The highest BCUT2D eigenvalue weighted by Crippen LogP contribution is 2.21. The largest absolute Gasteiger partial charge is 0.508 e. The third-order valence-corrected chi connectivity index (χ3v) is 7.77. The van der Waals surface area contributed by atoms with Crippen molar-refractivity contribution >= 4 is 61.9 Å². The number of halogens is 1. The number of carbonyl (C=O) groups excluding carboxylic acids is 2. The molecular weight excluding hydrogens is 820 g/mol. The fraction of sp³-hybridized carbons (Fsp3) is 0.341. The fourth-order valence-electron chi connectivity index (χ4n) is 4.68. The summed E-state index contributed by atoms with van der Waals surface area (Å²) >= 11 is 4.64. The minimum Gasteiger partial charge on any atom is -0.508 e. The van der Waals surface area contributed by atoms with Gasteiger partial charge in [0.25, 0.3) is 0 Å². The molecule has 0 saturated heterocycles. The third-order valence-electron chi connectivity index (χ3n) is 7.77. The Hall–Kier alpha value is -6.72. The first kappa shape index (κ1) is 53.3. The zero-order chi connectivity index (χ0) is 46.6. The minimum absolute atomic E-state index is 0.109. The second-order valence-electron chi connectivity index (χ2n) is 13.5. The lowest BCUT2D eigenvalue weighted by Gasteiger charge is -2.03. The Kier molecular flexibility index (Phi) is 25.4. The molecule has 3 heterocycles. The molecule has 0 unspecified atom stereocenters. The molecule has 7 N–H and O–H groups in total. The van der Waals surface area contributed by atoms with Gasteiger partial charge in [0, 0.05) is 60.0 Å². The molecule has 0 saturated carbocycles. The van der Waals surface area contributed by atoms with Crippen molar-refractivity contribution in [1.29, 1.82) is 0 Å². The topological polar surface area (TPSA) is 258 Å². The predicted octanol–water partition coefficient (Wildman–Crippen LogP) is 9.08. The van der Waals surface area contributed by atoms with Crippen molar-refractivity contribution in [3.05, 3.63) is 107 Å². The van der Waals surface area contributed by atoms with Gasteiger partial charge in [-0.05, 0) is 104 Å². The van der Waals surface area contributed by atoms with E-state index < -0.39 is 0 Å². The Labute approximate surface area is 366 Å². The van der Waals surface area contributed by atoms with E-state index >= 15 is 0 Å². The van der Waals surface area contributed by atoms with E-state index in [0.29, 0.717) is 35.9 Å². The average Bonchev–Trinajstić information content (AvgIpc) is 4.02. The molecule has 336 valence electrons. The fourth-order valence-corrected chi connectivity index (χ4v) is 4.68. The molecule has 7 rings (SSSR count). The summed E-state index contributed by atoms with van der Waals surface area (Å²) in [6.45, 7) is 13.8. The second-order valence-corrected chi connectivity index (χ2v) is 13.5. The summed E-state index contributed by atoms with van der Waals surface area (Å²) in [6, 6.07) is 20.9. The summed E-state index contributed by atoms with van der Waals surface area (Å²) in [7, 11) is 0. The van der Waals surface area contributed by atoms with Crippen LogP contribution in [0.2, 0.25) is 0 Å². The van der Waals surface area contributed by atoms with E-state index in [1.807, 2.05) is 45.9 Å². The number of phenols is 2. The number of aromatic nitrogens is 6. The Bertz CT molecular complexity index is 2380. The lowest BCUT2D eigenvalue weighted by Crippen LogP contribution is -2.06. The number of nitrogen functional groups attached to an aromatic ring is 1. The summed E-state index contributed by atoms with van der Waals surface area (Å²) in [4.78, 5) is 31.4. The number of phenolic OH excluding ortho intramolecular Hbond substituents is 2. The molecule has 62 heavy (non-hydrogen) atoms. The van der Waals surface area contributed by atoms with Gasteiger partial charge in [-0.2, -0.15) is 15.3 Å². The maximum atomic E-state index is 11.2. The van der Waals surface area contributed by atoms with E-state index in [9.17, 15) is 19.7 Å². The SMILES string of the molecule is CC(=O)Oc1ccc2c(cnn2C(C)=O)c1.CC(C)CC[N+](=O)[O-].CCCO.CCCOc1ccc2[nH]ncc2c1.CCl.Cc1cc(O)ccc1N.Oc1ccc2[nH]ncc2c1. The van der Waals surface area contributed by atoms with Crippen LogP contribution in [0.5, 0.6) is 23.0 Å². The molecule has 7 aromatic rings. The van der Waals surface area contributed by atoms with Crippen LogP contribution in [0.15, 0.2) is 91.4 Å². The summed E-state index contributed by atoms with van der Waals surface area (Å²) in [5.41, 5.74) is 9.79. The normalized spacial score (nSPS) is 9.79. The van der Waals surface area contributed by atoms with Gasteiger partial charge in [0.05, 0.1) is 41.7 Å². The first-order valence-corrected chi connectivity index (χ1v) is 20.3. The number of aliphatic hydroxyl groups is 1. The van der Waals surface area contributed by atoms with Crippen LogP contribution in [0.1, 0.15) is 71.2 Å². The molecule has 0 bridgehead atoms. The van der Waals surface area contributed by atoms with Crippen molar-refractivity contribution in [1.82, 2.24) is 30.2 Å².